The second-order valence-electron chi connectivity index (χ2n) is 3.80. The van der Waals surface area contributed by atoms with Gasteiger partial charge in [0.1, 0.15) is 12.5 Å². The molecule has 0 saturated carbocycles. The summed E-state index contributed by atoms with van der Waals surface area (Å²) < 4.78 is 10.7. The molecule has 0 aliphatic rings. The lowest BCUT2D eigenvalue weighted by molar-refractivity contribution is 0.421. The summed E-state index contributed by atoms with van der Waals surface area (Å²) in [5.41, 5.74) is 0.676. The molecule has 2 aromatic heterocycles. The zero-order valence-corrected chi connectivity index (χ0v) is 9.64. The standard InChI is InChI=1S/C12H16N2O2/c1-3-5-9(4-2)11-14-10(8-16-11)12-13-6-7-15-12/h6-9H,3-5H2,1-2H3. The molecule has 0 amide bonds. The first-order chi connectivity index (χ1) is 7.85. The average Bonchev–Trinajstić information content (AvgIpc) is 2.95. The molecule has 0 aromatic carbocycles. The van der Waals surface area contributed by atoms with Gasteiger partial charge in [0, 0.05) is 5.92 Å². The van der Waals surface area contributed by atoms with Crippen molar-refractivity contribution in [3.05, 3.63) is 24.6 Å². The fourth-order valence-corrected chi connectivity index (χ4v) is 1.77. The highest BCUT2D eigenvalue weighted by Crippen LogP contribution is 2.26. The molecule has 0 bridgehead atoms. The molecule has 0 radical (unpaired) electrons. The van der Waals surface area contributed by atoms with E-state index in [1.807, 2.05) is 0 Å². The summed E-state index contributed by atoms with van der Waals surface area (Å²) in [4.78, 5) is 8.46. The zero-order chi connectivity index (χ0) is 11.4. The van der Waals surface area contributed by atoms with Crippen LogP contribution in [-0.4, -0.2) is 9.97 Å². The van der Waals surface area contributed by atoms with Gasteiger partial charge in [-0.3, -0.25) is 0 Å². The van der Waals surface area contributed by atoms with Gasteiger partial charge in [-0.05, 0) is 12.8 Å². The first kappa shape index (κ1) is 10.9. The van der Waals surface area contributed by atoms with Gasteiger partial charge in [-0.15, -0.1) is 0 Å². The Morgan fingerprint density at radius 3 is 2.81 bits per heavy atom. The summed E-state index contributed by atoms with van der Waals surface area (Å²) >= 11 is 0. The first-order valence-electron chi connectivity index (χ1n) is 5.70. The molecule has 2 rings (SSSR count). The molecule has 2 aromatic rings. The molecule has 0 saturated heterocycles. The summed E-state index contributed by atoms with van der Waals surface area (Å²) in [6.45, 7) is 4.32. The van der Waals surface area contributed by atoms with Crippen LogP contribution in [0.2, 0.25) is 0 Å². The fourth-order valence-electron chi connectivity index (χ4n) is 1.77. The Hall–Kier alpha value is -1.58. The Kier molecular flexibility index (Phi) is 3.39. The number of hydrogen-bond donors (Lipinski definition) is 0. The lowest BCUT2D eigenvalue weighted by Gasteiger charge is -2.07. The minimum atomic E-state index is 0.397. The summed E-state index contributed by atoms with van der Waals surface area (Å²) in [5.74, 6) is 1.70. The maximum absolute atomic E-state index is 5.48. The van der Waals surface area contributed by atoms with Crippen LogP contribution in [0.5, 0.6) is 0 Å². The third-order valence-electron chi connectivity index (χ3n) is 2.65. The largest absolute Gasteiger partial charge is 0.448 e. The molecule has 0 aliphatic heterocycles. The predicted molar refractivity (Wildman–Crippen MR) is 59.9 cm³/mol. The molecule has 16 heavy (non-hydrogen) atoms. The van der Waals surface area contributed by atoms with Crippen molar-refractivity contribution in [3.8, 4) is 11.6 Å². The van der Waals surface area contributed by atoms with Crippen molar-refractivity contribution in [2.45, 2.75) is 39.0 Å². The minimum Gasteiger partial charge on any atom is -0.448 e. The van der Waals surface area contributed by atoms with E-state index in [0.717, 1.165) is 25.2 Å². The van der Waals surface area contributed by atoms with Gasteiger partial charge < -0.3 is 8.83 Å². The SMILES string of the molecule is CCCC(CC)c1nc(-c2ncco2)co1. The highest BCUT2D eigenvalue weighted by atomic mass is 16.4. The molecule has 86 valence electrons. The molecule has 0 fully saturated rings. The summed E-state index contributed by atoms with van der Waals surface area (Å²) in [5, 5.41) is 0. The minimum absolute atomic E-state index is 0.397. The second-order valence-corrected chi connectivity index (χ2v) is 3.80. The maximum Gasteiger partial charge on any atom is 0.248 e. The average molecular weight is 220 g/mol. The smallest absolute Gasteiger partial charge is 0.248 e. The van der Waals surface area contributed by atoms with Gasteiger partial charge in [-0.2, -0.15) is 0 Å². The summed E-state index contributed by atoms with van der Waals surface area (Å²) in [6.07, 6.45) is 8.02. The van der Waals surface area contributed by atoms with Crippen LogP contribution in [0.1, 0.15) is 44.9 Å². The third kappa shape index (κ3) is 2.15. The van der Waals surface area contributed by atoms with E-state index in [4.69, 9.17) is 8.83 Å². The third-order valence-corrected chi connectivity index (χ3v) is 2.65. The highest BCUT2D eigenvalue weighted by molar-refractivity contribution is 5.43. The Balaban J connectivity index is 2.18. The summed E-state index contributed by atoms with van der Waals surface area (Å²) in [7, 11) is 0. The Bertz CT molecular complexity index is 420. The van der Waals surface area contributed by atoms with Crippen molar-refractivity contribution >= 4 is 0 Å². The number of nitrogens with zero attached hydrogens (tertiary/aromatic N) is 2. The fraction of sp³-hybridized carbons (Fsp3) is 0.500. The van der Waals surface area contributed by atoms with E-state index >= 15 is 0 Å². The molecular formula is C12H16N2O2. The van der Waals surface area contributed by atoms with Gasteiger partial charge in [0.2, 0.25) is 5.89 Å². The molecule has 0 N–H and O–H groups in total. The van der Waals surface area contributed by atoms with Crippen molar-refractivity contribution in [2.75, 3.05) is 0 Å². The van der Waals surface area contributed by atoms with Crippen LogP contribution in [0.15, 0.2) is 27.6 Å². The molecule has 2 heterocycles. The molecule has 0 aliphatic carbocycles. The van der Waals surface area contributed by atoms with Crippen LogP contribution in [0, 0.1) is 0 Å². The van der Waals surface area contributed by atoms with Crippen LogP contribution < -0.4 is 0 Å². The van der Waals surface area contributed by atoms with Crippen molar-refractivity contribution in [1.29, 1.82) is 0 Å². The van der Waals surface area contributed by atoms with E-state index < -0.39 is 0 Å². The van der Waals surface area contributed by atoms with Crippen molar-refractivity contribution in [2.24, 2.45) is 0 Å². The van der Waals surface area contributed by atoms with Gasteiger partial charge in [0.15, 0.2) is 11.6 Å². The normalized spacial score (nSPS) is 12.9. The van der Waals surface area contributed by atoms with Crippen LogP contribution in [0.25, 0.3) is 11.6 Å². The quantitative estimate of drug-likeness (QED) is 0.772. The highest BCUT2D eigenvalue weighted by Gasteiger charge is 2.16. The number of hydrogen-bond acceptors (Lipinski definition) is 4. The van der Waals surface area contributed by atoms with Crippen molar-refractivity contribution in [1.82, 2.24) is 9.97 Å². The number of oxazole rings is 2. The summed E-state index contributed by atoms with van der Waals surface area (Å²) in [6, 6.07) is 0. The van der Waals surface area contributed by atoms with Crippen LogP contribution in [-0.2, 0) is 0 Å². The van der Waals surface area contributed by atoms with E-state index in [-0.39, 0.29) is 0 Å². The van der Waals surface area contributed by atoms with Crippen LogP contribution >= 0.6 is 0 Å². The van der Waals surface area contributed by atoms with E-state index in [9.17, 15) is 0 Å². The Morgan fingerprint density at radius 1 is 1.31 bits per heavy atom. The van der Waals surface area contributed by atoms with Gasteiger partial charge in [0.25, 0.3) is 0 Å². The molecule has 4 nitrogen and oxygen atoms in total. The topological polar surface area (TPSA) is 52.1 Å². The van der Waals surface area contributed by atoms with Gasteiger partial charge in [0.05, 0.1) is 6.20 Å². The van der Waals surface area contributed by atoms with E-state index in [1.165, 1.54) is 6.26 Å². The molecular weight excluding hydrogens is 204 g/mol. The first-order valence-corrected chi connectivity index (χ1v) is 5.70. The monoisotopic (exact) mass is 220 g/mol. The van der Waals surface area contributed by atoms with Crippen LogP contribution in [0.3, 0.4) is 0 Å². The molecule has 1 atom stereocenters. The van der Waals surface area contributed by atoms with E-state index in [0.29, 0.717) is 17.5 Å². The second kappa shape index (κ2) is 4.96. The zero-order valence-electron chi connectivity index (χ0n) is 9.64. The van der Waals surface area contributed by atoms with E-state index in [1.54, 1.807) is 12.5 Å². The lowest BCUT2D eigenvalue weighted by Crippen LogP contribution is -1.97. The Labute approximate surface area is 94.7 Å². The van der Waals surface area contributed by atoms with Crippen molar-refractivity contribution < 1.29 is 8.83 Å². The molecule has 4 heteroatoms. The number of aromatic nitrogens is 2. The number of rotatable bonds is 5. The molecule has 1 unspecified atom stereocenters. The van der Waals surface area contributed by atoms with Crippen LogP contribution in [0.4, 0.5) is 0 Å². The molecule has 0 spiro atoms. The lowest BCUT2D eigenvalue weighted by atomic mass is 10.0. The van der Waals surface area contributed by atoms with E-state index in [2.05, 4.69) is 23.8 Å². The Morgan fingerprint density at radius 2 is 2.19 bits per heavy atom. The van der Waals surface area contributed by atoms with Crippen molar-refractivity contribution in [3.63, 3.8) is 0 Å². The maximum atomic E-state index is 5.48. The van der Waals surface area contributed by atoms with Gasteiger partial charge in [-0.1, -0.05) is 20.3 Å². The van der Waals surface area contributed by atoms with Gasteiger partial charge >= 0.3 is 0 Å². The predicted octanol–water partition coefficient (Wildman–Crippen LogP) is 3.62. The van der Waals surface area contributed by atoms with Gasteiger partial charge in [-0.25, -0.2) is 9.97 Å².